The van der Waals surface area contributed by atoms with E-state index in [1.54, 1.807) is 23.9 Å². The van der Waals surface area contributed by atoms with E-state index in [1.807, 2.05) is 32.9 Å². The number of thioether (sulfide) groups is 1. The molecular formula is C26H28O4S2. The van der Waals surface area contributed by atoms with Gasteiger partial charge < -0.3 is 9.84 Å². The minimum atomic E-state index is -1.32. The van der Waals surface area contributed by atoms with Crippen molar-refractivity contribution in [1.82, 2.24) is 0 Å². The molecule has 0 fully saturated rings. The number of fused-ring (bicyclic) bond motifs is 1. The average molecular weight is 469 g/mol. The van der Waals surface area contributed by atoms with E-state index >= 15 is 0 Å². The highest BCUT2D eigenvalue weighted by molar-refractivity contribution is 7.99. The van der Waals surface area contributed by atoms with Crippen LogP contribution in [0.25, 0.3) is 16.2 Å². The number of aliphatic carboxylic acids is 1. The molecule has 0 spiro atoms. The molecule has 0 aliphatic carbocycles. The number of rotatable bonds is 8. The third kappa shape index (κ3) is 4.92. The molecule has 2 aromatic carbocycles. The molecule has 3 aromatic rings. The summed E-state index contributed by atoms with van der Waals surface area (Å²) < 4.78 is 6.84. The van der Waals surface area contributed by atoms with E-state index in [-0.39, 0.29) is 5.78 Å². The Morgan fingerprint density at radius 1 is 1.09 bits per heavy atom. The number of carboxylic acids is 1. The number of hydrogen-bond donors (Lipinski definition) is 1. The quantitative estimate of drug-likeness (QED) is 0.217. The number of ether oxygens (including phenoxy) is 1. The molecule has 0 radical (unpaired) electrons. The largest absolute Gasteiger partial charge is 0.478 e. The van der Waals surface area contributed by atoms with Crippen LogP contribution in [0.15, 0.2) is 41.3 Å². The van der Waals surface area contributed by atoms with Crippen LogP contribution in [0.2, 0.25) is 0 Å². The zero-order valence-corrected chi connectivity index (χ0v) is 20.9. The molecule has 3 rings (SSSR count). The second kappa shape index (κ2) is 9.51. The molecule has 0 aliphatic heterocycles. The molecule has 0 bridgehead atoms. The molecule has 0 saturated carbocycles. The minimum absolute atomic E-state index is 0.0159. The van der Waals surface area contributed by atoms with Crippen molar-refractivity contribution < 1.29 is 19.4 Å². The van der Waals surface area contributed by atoms with Crippen molar-refractivity contribution in [2.24, 2.45) is 0 Å². The lowest BCUT2D eigenvalue weighted by Crippen LogP contribution is -2.38. The Morgan fingerprint density at radius 3 is 2.47 bits per heavy atom. The number of carbonyl (C=O) groups excluding carboxylic acids is 1. The summed E-state index contributed by atoms with van der Waals surface area (Å²) in [5, 5.41) is 10.4. The van der Waals surface area contributed by atoms with Crippen molar-refractivity contribution in [3.8, 4) is 5.75 Å². The van der Waals surface area contributed by atoms with Crippen LogP contribution in [0.3, 0.4) is 0 Å². The van der Waals surface area contributed by atoms with Gasteiger partial charge in [0.15, 0.2) is 11.4 Å². The molecule has 0 unspecified atom stereocenters. The first-order chi connectivity index (χ1) is 15.0. The van der Waals surface area contributed by atoms with Crippen LogP contribution in [-0.2, 0) is 4.79 Å². The Bertz CT molecular complexity index is 1220. The van der Waals surface area contributed by atoms with Gasteiger partial charge in [0, 0.05) is 9.60 Å². The average Bonchev–Trinajstić information content (AvgIpc) is 3.06. The fraction of sp³-hybridized carbons (Fsp3) is 0.308. The van der Waals surface area contributed by atoms with Gasteiger partial charge in [0.25, 0.3) is 0 Å². The van der Waals surface area contributed by atoms with E-state index in [2.05, 4.69) is 25.1 Å². The smallest absolute Gasteiger partial charge is 0.347 e. The maximum Gasteiger partial charge on any atom is 0.347 e. The second-order valence-corrected chi connectivity index (χ2v) is 10.6. The van der Waals surface area contributed by atoms with Crippen LogP contribution in [0, 0.1) is 20.8 Å². The highest BCUT2D eigenvalue weighted by Crippen LogP contribution is 2.34. The Kier molecular flexibility index (Phi) is 7.16. The van der Waals surface area contributed by atoms with Crippen LogP contribution >= 0.6 is 23.1 Å². The Balaban J connectivity index is 1.86. The summed E-state index contributed by atoms with van der Waals surface area (Å²) in [6.45, 7) is 11.0. The Labute approximate surface area is 197 Å². The van der Waals surface area contributed by atoms with Gasteiger partial charge in [0.2, 0.25) is 0 Å². The van der Waals surface area contributed by atoms with Gasteiger partial charge in [-0.25, -0.2) is 4.79 Å². The van der Waals surface area contributed by atoms with E-state index < -0.39 is 11.6 Å². The van der Waals surface area contributed by atoms with Crippen molar-refractivity contribution in [2.45, 2.75) is 52.0 Å². The molecular weight excluding hydrogens is 440 g/mol. The second-order valence-electron chi connectivity index (χ2n) is 8.17. The molecule has 0 atom stereocenters. The molecule has 1 aromatic heterocycles. The molecule has 0 saturated heterocycles. The molecule has 32 heavy (non-hydrogen) atoms. The van der Waals surface area contributed by atoms with Gasteiger partial charge >= 0.3 is 5.97 Å². The van der Waals surface area contributed by atoms with Crippen LogP contribution < -0.4 is 4.74 Å². The number of benzene rings is 2. The standard InChI is InChI=1S/C26H28O4S2/c1-7-31-19-10-11-20-17(4)24(32-23(20)14-19)21(27)12-8-18-9-13-22(16(3)15(18)2)30-26(5,6)25(28)29/h8-14H,7H2,1-6H3,(H,28,29). The van der Waals surface area contributed by atoms with Gasteiger partial charge in [0.1, 0.15) is 5.75 Å². The highest BCUT2D eigenvalue weighted by atomic mass is 32.2. The maximum atomic E-state index is 13.0. The lowest BCUT2D eigenvalue weighted by Gasteiger charge is -2.23. The number of thiophene rings is 1. The van der Waals surface area contributed by atoms with Gasteiger partial charge in [-0.15, -0.1) is 23.1 Å². The molecule has 6 heteroatoms. The van der Waals surface area contributed by atoms with Gasteiger partial charge in [-0.1, -0.05) is 25.1 Å². The number of ketones is 1. The predicted molar refractivity (Wildman–Crippen MR) is 135 cm³/mol. The predicted octanol–water partition coefficient (Wildman–Crippen LogP) is 7.08. The van der Waals surface area contributed by atoms with Gasteiger partial charge in [0.05, 0.1) is 4.88 Å². The summed E-state index contributed by atoms with van der Waals surface area (Å²) in [5.41, 5.74) is 2.39. The molecule has 0 amide bonds. The van der Waals surface area contributed by atoms with Crippen molar-refractivity contribution in [3.05, 3.63) is 63.5 Å². The number of hydrogen-bond acceptors (Lipinski definition) is 5. The Morgan fingerprint density at radius 2 is 1.81 bits per heavy atom. The summed E-state index contributed by atoms with van der Waals surface area (Å²) >= 11 is 3.33. The SMILES string of the molecule is CCSc1ccc2c(C)c(C(=O)C=Cc3ccc(OC(C)(C)C(=O)O)c(C)c3C)sc2c1. The van der Waals surface area contributed by atoms with E-state index in [9.17, 15) is 14.7 Å². The summed E-state index contributed by atoms with van der Waals surface area (Å²) in [6.07, 6.45) is 3.43. The Hall–Kier alpha value is -2.57. The lowest BCUT2D eigenvalue weighted by atomic mass is 10.0. The molecule has 1 N–H and O–H groups in total. The van der Waals surface area contributed by atoms with Crippen LogP contribution in [-0.4, -0.2) is 28.2 Å². The molecule has 0 aliphatic rings. The summed E-state index contributed by atoms with van der Waals surface area (Å²) in [5.74, 6) is 0.501. The van der Waals surface area contributed by atoms with Crippen LogP contribution in [0.4, 0.5) is 0 Å². The van der Waals surface area contributed by atoms with Crippen molar-refractivity contribution in [1.29, 1.82) is 0 Å². The van der Waals surface area contributed by atoms with E-state index in [1.165, 1.54) is 30.1 Å². The zero-order valence-electron chi connectivity index (χ0n) is 19.2. The normalized spacial score (nSPS) is 11.9. The lowest BCUT2D eigenvalue weighted by molar-refractivity contribution is -0.152. The maximum absolute atomic E-state index is 13.0. The number of carboxylic acid groups (broad SMARTS) is 1. The van der Waals surface area contributed by atoms with E-state index in [4.69, 9.17) is 4.74 Å². The zero-order chi connectivity index (χ0) is 23.6. The minimum Gasteiger partial charge on any atom is -0.478 e. The van der Waals surface area contributed by atoms with Crippen molar-refractivity contribution in [2.75, 3.05) is 5.75 Å². The molecule has 168 valence electrons. The van der Waals surface area contributed by atoms with Gasteiger partial charge in [-0.3, -0.25) is 4.79 Å². The monoisotopic (exact) mass is 468 g/mol. The molecule has 1 heterocycles. The number of carbonyl (C=O) groups is 2. The van der Waals surface area contributed by atoms with E-state index in [0.717, 1.165) is 43.0 Å². The first-order valence-corrected chi connectivity index (χ1v) is 12.3. The third-order valence-corrected chi connectivity index (χ3v) is 7.66. The number of aryl methyl sites for hydroxylation is 1. The summed E-state index contributed by atoms with van der Waals surface area (Å²) in [7, 11) is 0. The fourth-order valence-corrected chi connectivity index (χ4v) is 5.31. The van der Waals surface area contributed by atoms with Crippen LogP contribution in [0.5, 0.6) is 5.75 Å². The number of allylic oxidation sites excluding steroid dienone is 1. The molecule has 4 nitrogen and oxygen atoms in total. The third-order valence-electron chi connectivity index (χ3n) is 5.52. The first-order valence-electron chi connectivity index (χ1n) is 10.5. The van der Waals surface area contributed by atoms with E-state index in [0.29, 0.717) is 5.75 Å². The summed E-state index contributed by atoms with van der Waals surface area (Å²) in [6, 6.07) is 9.99. The highest BCUT2D eigenvalue weighted by Gasteiger charge is 2.30. The van der Waals surface area contributed by atoms with Crippen molar-refractivity contribution >= 4 is 51.0 Å². The van der Waals surface area contributed by atoms with Gasteiger partial charge in [-0.2, -0.15) is 0 Å². The van der Waals surface area contributed by atoms with Crippen molar-refractivity contribution in [3.63, 3.8) is 0 Å². The fourth-order valence-electron chi connectivity index (χ4n) is 3.36. The summed E-state index contributed by atoms with van der Waals surface area (Å²) in [4.78, 5) is 26.3. The first kappa shape index (κ1) is 24.1. The topological polar surface area (TPSA) is 63.6 Å². The van der Waals surface area contributed by atoms with Crippen LogP contribution in [0.1, 0.15) is 52.7 Å². The van der Waals surface area contributed by atoms with Gasteiger partial charge in [-0.05, 0) is 92.3 Å².